The second-order valence-electron chi connectivity index (χ2n) is 4.44. The Morgan fingerprint density at radius 1 is 1.39 bits per heavy atom. The first kappa shape index (κ1) is 13.1. The maximum absolute atomic E-state index is 10.4. The summed E-state index contributed by atoms with van der Waals surface area (Å²) in [6, 6.07) is 7.46. The van der Waals surface area contributed by atoms with Crippen LogP contribution in [0.15, 0.2) is 30.5 Å². The maximum Gasteiger partial charge on any atom is 0.121 e. The van der Waals surface area contributed by atoms with E-state index in [1.165, 1.54) is 0 Å². The largest absolute Gasteiger partial charge is 0.382 e. The smallest absolute Gasteiger partial charge is 0.121 e. The van der Waals surface area contributed by atoms with Crippen molar-refractivity contribution in [2.24, 2.45) is 0 Å². The lowest BCUT2D eigenvalue weighted by atomic mass is 10.0. The van der Waals surface area contributed by atoms with Crippen LogP contribution in [0.25, 0.3) is 0 Å². The number of halogens is 1. The minimum Gasteiger partial charge on any atom is -0.382 e. The van der Waals surface area contributed by atoms with Gasteiger partial charge in [-0.3, -0.25) is 4.68 Å². The zero-order valence-corrected chi connectivity index (χ0v) is 11.4. The number of aromatic nitrogens is 2. The molecule has 1 unspecified atom stereocenters. The molecule has 0 saturated carbocycles. The molecule has 3 nitrogen and oxygen atoms in total. The summed E-state index contributed by atoms with van der Waals surface area (Å²) in [5.74, 6) is 0. The van der Waals surface area contributed by atoms with Crippen molar-refractivity contribution in [3.05, 3.63) is 52.3 Å². The van der Waals surface area contributed by atoms with Crippen LogP contribution in [0.5, 0.6) is 0 Å². The SMILES string of the molecule is CCCn1nccc1C(O)c1cc(C)cc(Cl)c1. The van der Waals surface area contributed by atoms with Crippen LogP contribution in [-0.4, -0.2) is 14.9 Å². The van der Waals surface area contributed by atoms with Crippen LogP contribution in [0.1, 0.15) is 36.3 Å². The van der Waals surface area contributed by atoms with Gasteiger partial charge in [-0.15, -0.1) is 0 Å². The van der Waals surface area contributed by atoms with E-state index < -0.39 is 6.10 Å². The first-order valence-electron chi connectivity index (χ1n) is 6.08. The molecule has 0 fully saturated rings. The summed E-state index contributed by atoms with van der Waals surface area (Å²) < 4.78 is 1.83. The lowest BCUT2D eigenvalue weighted by Crippen LogP contribution is -2.10. The number of aryl methyl sites for hydroxylation is 2. The van der Waals surface area contributed by atoms with Crippen molar-refractivity contribution < 1.29 is 5.11 Å². The molecular weight excluding hydrogens is 248 g/mol. The lowest BCUT2D eigenvalue weighted by molar-refractivity contribution is 0.207. The molecular formula is C14H17ClN2O. The van der Waals surface area contributed by atoms with E-state index >= 15 is 0 Å². The normalized spacial score (nSPS) is 12.7. The summed E-state index contributed by atoms with van der Waals surface area (Å²) in [6.07, 6.45) is 2.01. The van der Waals surface area contributed by atoms with Crippen molar-refractivity contribution in [2.45, 2.75) is 32.9 Å². The molecule has 0 spiro atoms. The second-order valence-corrected chi connectivity index (χ2v) is 4.88. The Labute approximate surface area is 112 Å². The number of hydrogen-bond donors (Lipinski definition) is 1. The average molecular weight is 265 g/mol. The molecule has 1 N–H and O–H groups in total. The third kappa shape index (κ3) is 2.74. The predicted octanol–water partition coefficient (Wildman–Crippen LogP) is 3.34. The Hall–Kier alpha value is -1.32. The Balaban J connectivity index is 2.34. The fourth-order valence-corrected chi connectivity index (χ4v) is 2.37. The Kier molecular flexibility index (Phi) is 4.04. The van der Waals surface area contributed by atoms with E-state index in [4.69, 9.17) is 11.6 Å². The van der Waals surface area contributed by atoms with Gasteiger partial charge in [0.05, 0.1) is 5.69 Å². The van der Waals surface area contributed by atoms with E-state index in [1.807, 2.05) is 29.8 Å². The molecule has 1 aromatic carbocycles. The molecule has 0 aliphatic carbocycles. The van der Waals surface area contributed by atoms with Gasteiger partial charge in [0.15, 0.2) is 0 Å². The van der Waals surface area contributed by atoms with Gasteiger partial charge in [0.2, 0.25) is 0 Å². The van der Waals surface area contributed by atoms with E-state index in [0.29, 0.717) is 5.02 Å². The quantitative estimate of drug-likeness (QED) is 0.920. The fraction of sp³-hybridized carbons (Fsp3) is 0.357. The Morgan fingerprint density at radius 2 is 2.17 bits per heavy atom. The third-order valence-electron chi connectivity index (χ3n) is 2.85. The average Bonchev–Trinajstić information content (AvgIpc) is 2.75. The molecule has 0 saturated heterocycles. The van der Waals surface area contributed by atoms with E-state index in [2.05, 4.69) is 12.0 Å². The summed E-state index contributed by atoms with van der Waals surface area (Å²) in [6.45, 7) is 4.85. The molecule has 4 heteroatoms. The Morgan fingerprint density at radius 3 is 2.83 bits per heavy atom. The highest BCUT2D eigenvalue weighted by molar-refractivity contribution is 6.30. The molecule has 0 bridgehead atoms. The van der Waals surface area contributed by atoms with Crippen LogP contribution < -0.4 is 0 Å². The van der Waals surface area contributed by atoms with Gasteiger partial charge in [-0.1, -0.05) is 24.6 Å². The minimum absolute atomic E-state index is 0.644. The van der Waals surface area contributed by atoms with Crippen molar-refractivity contribution in [1.82, 2.24) is 9.78 Å². The summed E-state index contributed by atoms with van der Waals surface area (Å²) in [7, 11) is 0. The summed E-state index contributed by atoms with van der Waals surface area (Å²) in [4.78, 5) is 0. The van der Waals surface area contributed by atoms with Gasteiger partial charge in [-0.2, -0.15) is 5.10 Å². The summed E-state index contributed by atoms with van der Waals surface area (Å²) in [5.41, 5.74) is 2.65. The van der Waals surface area contributed by atoms with Gasteiger partial charge in [0, 0.05) is 17.8 Å². The van der Waals surface area contributed by atoms with Gasteiger partial charge >= 0.3 is 0 Å². The van der Waals surface area contributed by atoms with E-state index in [-0.39, 0.29) is 0 Å². The number of aliphatic hydroxyl groups is 1. The van der Waals surface area contributed by atoms with Gasteiger partial charge in [0.25, 0.3) is 0 Å². The Bertz CT molecular complexity index is 516. The number of benzene rings is 1. The second kappa shape index (κ2) is 5.55. The first-order chi connectivity index (χ1) is 8.61. The van der Waals surface area contributed by atoms with Gasteiger partial charge in [0.1, 0.15) is 6.10 Å². The van der Waals surface area contributed by atoms with Gasteiger partial charge in [-0.25, -0.2) is 0 Å². The number of hydrogen-bond acceptors (Lipinski definition) is 2. The van der Waals surface area contributed by atoms with E-state index in [1.54, 1.807) is 12.3 Å². The highest BCUT2D eigenvalue weighted by Gasteiger charge is 2.15. The predicted molar refractivity (Wildman–Crippen MR) is 72.8 cm³/mol. The van der Waals surface area contributed by atoms with Crippen LogP contribution in [-0.2, 0) is 6.54 Å². The molecule has 0 amide bonds. The minimum atomic E-state index is -0.684. The molecule has 2 aromatic rings. The molecule has 1 heterocycles. The third-order valence-corrected chi connectivity index (χ3v) is 3.06. The number of rotatable bonds is 4. The number of aliphatic hydroxyl groups excluding tert-OH is 1. The van der Waals surface area contributed by atoms with Crippen LogP contribution in [0.3, 0.4) is 0 Å². The first-order valence-corrected chi connectivity index (χ1v) is 6.46. The molecule has 0 aliphatic heterocycles. The van der Waals surface area contributed by atoms with Crippen LogP contribution in [0.4, 0.5) is 0 Å². The van der Waals surface area contributed by atoms with Crippen molar-refractivity contribution >= 4 is 11.6 Å². The van der Waals surface area contributed by atoms with Gasteiger partial charge < -0.3 is 5.11 Å². The van der Waals surface area contributed by atoms with Crippen molar-refractivity contribution in [3.8, 4) is 0 Å². The van der Waals surface area contributed by atoms with Crippen LogP contribution in [0, 0.1) is 6.92 Å². The molecule has 1 atom stereocenters. The van der Waals surface area contributed by atoms with E-state index in [9.17, 15) is 5.11 Å². The molecule has 0 radical (unpaired) electrons. The molecule has 1 aromatic heterocycles. The van der Waals surface area contributed by atoms with Gasteiger partial charge in [-0.05, 0) is 42.7 Å². The van der Waals surface area contributed by atoms with Crippen molar-refractivity contribution in [2.75, 3.05) is 0 Å². The molecule has 96 valence electrons. The zero-order valence-electron chi connectivity index (χ0n) is 10.6. The maximum atomic E-state index is 10.4. The molecule has 0 aliphatic rings. The van der Waals surface area contributed by atoms with Crippen molar-refractivity contribution in [1.29, 1.82) is 0 Å². The van der Waals surface area contributed by atoms with Crippen molar-refractivity contribution in [3.63, 3.8) is 0 Å². The molecule has 18 heavy (non-hydrogen) atoms. The van der Waals surface area contributed by atoms with Crippen LogP contribution in [0.2, 0.25) is 5.02 Å². The highest BCUT2D eigenvalue weighted by atomic mass is 35.5. The molecule has 2 rings (SSSR count). The summed E-state index contributed by atoms with van der Waals surface area (Å²) >= 11 is 6.02. The summed E-state index contributed by atoms with van der Waals surface area (Å²) in [5, 5.41) is 15.3. The standard InChI is InChI=1S/C14H17ClN2O/c1-3-6-17-13(4-5-16-17)14(18)11-7-10(2)8-12(15)9-11/h4-5,7-9,14,18H,3,6H2,1-2H3. The fourth-order valence-electron chi connectivity index (χ4n) is 2.07. The zero-order chi connectivity index (χ0) is 13.1. The van der Waals surface area contributed by atoms with Crippen LogP contribution >= 0.6 is 11.6 Å². The number of nitrogens with zero attached hydrogens (tertiary/aromatic N) is 2. The van der Waals surface area contributed by atoms with E-state index in [0.717, 1.165) is 29.8 Å². The highest BCUT2D eigenvalue weighted by Crippen LogP contribution is 2.25. The topological polar surface area (TPSA) is 38.0 Å². The monoisotopic (exact) mass is 264 g/mol. The lowest BCUT2D eigenvalue weighted by Gasteiger charge is -2.14.